The highest BCUT2D eigenvalue weighted by atomic mass is 32.2. The zero-order valence-corrected chi connectivity index (χ0v) is 9.44. The van der Waals surface area contributed by atoms with E-state index in [-0.39, 0.29) is 17.8 Å². The van der Waals surface area contributed by atoms with Crippen LogP contribution in [-0.2, 0) is 9.84 Å². The molecule has 0 bridgehead atoms. The van der Waals surface area contributed by atoms with Crippen molar-refractivity contribution in [1.82, 2.24) is 5.32 Å². The molecule has 0 aromatic heterocycles. The molecule has 14 heavy (non-hydrogen) atoms. The van der Waals surface area contributed by atoms with Gasteiger partial charge in [-0.15, -0.1) is 0 Å². The second kappa shape index (κ2) is 4.59. The van der Waals surface area contributed by atoms with E-state index in [9.17, 15) is 13.5 Å². The van der Waals surface area contributed by atoms with E-state index >= 15 is 0 Å². The van der Waals surface area contributed by atoms with Gasteiger partial charge in [-0.05, 0) is 37.8 Å². The van der Waals surface area contributed by atoms with Gasteiger partial charge in [0.15, 0.2) is 0 Å². The Morgan fingerprint density at radius 3 is 2.36 bits per heavy atom. The molecule has 0 spiro atoms. The SMILES string of the molecule is CS(=O)(=O)CCC1(CO)CCNCC1. The lowest BCUT2D eigenvalue weighted by atomic mass is 9.77. The number of hydrogen-bond donors (Lipinski definition) is 2. The van der Waals surface area contributed by atoms with E-state index in [1.165, 1.54) is 6.26 Å². The minimum Gasteiger partial charge on any atom is -0.396 e. The second-order valence-corrected chi connectivity index (χ2v) is 6.55. The molecule has 1 heterocycles. The lowest BCUT2D eigenvalue weighted by Gasteiger charge is -2.35. The van der Waals surface area contributed by atoms with Crippen LogP contribution in [0.3, 0.4) is 0 Å². The first-order valence-corrected chi connectivity index (χ1v) is 7.03. The summed E-state index contributed by atoms with van der Waals surface area (Å²) in [5.41, 5.74) is -0.158. The fourth-order valence-electron chi connectivity index (χ4n) is 1.85. The first-order valence-electron chi connectivity index (χ1n) is 4.97. The van der Waals surface area contributed by atoms with E-state index in [1.54, 1.807) is 0 Å². The normalized spacial score (nSPS) is 22.1. The molecule has 0 radical (unpaired) electrons. The van der Waals surface area contributed by atoms with Crippen molar-refractivity contribution in [2.75, 3.05) is 31.7 Å². The number of sulfone groups is 1. The minimum absolute atomic E-state index is 0.101. The number of hydrogen-bond acceptors (Lipinski definition) is 4. The summed E-state index contributed by atoms with van der Waals surface area (Å²) in [6.07, 6.45) is 3.58. The van der Waals surface area contributed by atoms with Gasteiger partial charge in [0, 0.05) is 12.9 Å². The maximum absolute atomic E-state index is 11.0. The van der Waals surface area contributed by atoms with Crippen LogP contribution in [0, 0.1) is 5.41 Å². The van der Waals surface area contributed by atoms with E-state index in [2.05, 4.69) is 5.32 Å². The summed E-state index contributed by atoms with van der Waals surface area (Å²) in [6.45, 7) is 1.86. The van der Waals surface area contributed by atoms with Crippen LogP contribution in [0.5, 0.6) is 0 Å². The predicted octanol–water partition coefficient (Wildman–Crippen LogP) is -0.217. The van der Waals surface area contributed by atoms with Gasteiger partial charge in [-0.25, -0.2) is 8.42 Å². The number of nitrogens with one attached hydrogen (secondary N) is 1. The summed E-state index contributed by atoms with van der Waals surface area (Å²) in [6, 6.07) is 0. The van der Waals surface area contributed by atoms with E-state index in [0.29, 0.717) is 6.42 Å². The lowest BCUT2D eigenvalue weighted by Crippen LogP contribution is -2.40. The van der Waals surface area contributed by atoms with Crippen LogP contribution in [0.25, 0.3) is 0 Å². The van der Waals surface area contributed by atoms with Crippen molar-refractivity contribution in [3.63, 3.8) is 0 Å². The first kappa shape index (κ1) is 11.9. The predicted molar refractivity (Wildman–Crippen MR) is 56.0 cm³/mol. The highest BCUT2D eigenvalue weighted by Gasteiger charge is 2.31. The summed E-state index contributed by atoms with van der Waals surface area (Å²) >= 11 is 0. The summed E-state index contributed by atoms with van der Waals surface area (Å²) in [5, 5.41) is 12.5. The molecule has 4 nitrogen and oxygen atoms in total. The molecule has 1 aliphatic rings. The Morgan fingerprint density at radius 2 is 1.93 bits per heavy atom. The Hall–Kier alpha value is -0.130. The molecule has 0 saturated carbocycles. The zero-order valence-electron chi connectivity index (χ0n) is 8.62. The van der Waals surface area contributed by atoms with Crippen LogP contribution in [-0.4, -0.2) is 45.2 Å². The monoisotopic (exact) mass is 221 g/mol. The molecule has 0 aromatic carbocycles. The molecule has 0 atom stereocenters. The third kappa shape index (κ3) is 3.55. The topological polar surface area (TPSA) is 66.4 Å². The van der Waals surface area contributed by atoms with Crippen LogP contribution in [0.15, 0.2) is 0 Å². The highest BCUT2D eigenvalue weighted by Crippen LogP contribution is 2.32. The van der Waals surface area contributed by atoms with Crippen molar-refractivity contribution in [1.29, 1.82) is 0 Å². The van der Waals surface area contributed by atoms with Crippen molar-refractivity contribution < 1.29 is 13.5 Å². The summed E-state index contributed by atoms with van der Waals surface area (Å²) in [7, 11) is -2.90. The van der Waals surface area contributed by atoms with Crippen molar-refractivity contribution >= 4 is 9.84 Å². The van der Waals surface area contributed by atoms with Crippen molar-refractivity contribution in [3.8, 4) is 0 Å². The van der Waals surface area contributed by atoms with Gasteiger partial charge in [-0.2, -0.15) is 0 Å². The van der Waals surface area contributed by atoms with Crippen LogP contribution in [0.2, 0.25) is 0 Å². The van der Waals surface area contributed by atoms with Crippen LogP contribution in [0.4, 0.5) is 0 Å². The average molecular weight is 221 g/mol. The number of aliphatic hydroxyl groups is 1. The fraction of sp³-hybridized carbons (Fsp3) is 1.00. The Balaban J connectivity index is 2.52. The Kier molecular flexibility index (Phi) is 3.92. The second-order valence-electron chi connectivity index (χ2n) is 4.29. The van der Waals surface area contributed by atoms with Gasteiger partial charge in [0.2, 0.25) is 0 Å². The average Bonchev–Trinajstić information content (AvgIpc) is 2.15. The molecule has 1 rings (SSSR count). The molecule has 0 aromatic rings. The zero-order chi connectivity index (χ0) is 10.7. The van der Waals surface area contributed by atoms with Crippen molar-refractivity contribution in [2.45, 2.75) is 19.3 Å². The van der Waals surface area contributed by atoms with E-state index in [4.69, 9.17) is 0 Å². The van der Waals surface area contributed by atoms with E-state index in [0.717, 1.165) is 25.9 Å². The third-order valence-electron chi connectivity index (χ3n) is 3.00. The van der Waals surface area contributed by atoms with Gasteiger partial charge in [-0.1, -0.05) is 0 Å². The molecule has 1 aliphatic heterocycles. The smallest absolute Gasteiger partial charge is 0.147 e. The molecular formula is C9H19NO3S. The molecule has 1 fully saturated rings. The largest absolute Gasteiger partial charge is 0.396 e. The highest BCUT2D eigenvalue weighted by molar-refractivity contribution is 7.90. The fourth-order valence-corrected chi connectivity index (χ4v) is 2.65. The standard InChI is InChI=1S/C9H19NO3S/c1-14(12,13)7-4-9(8-11)2-5-10-6-3-9/h10-11H,2-8H2,1H3. The van der Waals surface area contributed by atoms with Crippen LogP contribution < -0.4 is 5.32 Å². The maximum atomic E-state index is 11.0. The summed E-state index contributed by atoms with van der Waals surface area (Å²) in [4.78, 5) is 0. The number of aliphatic hydroxyl groups excluding tert-OH is 1. The minimum atomic E-state index is -2.90. The molecule has 0 aliphatic carbocycles. The van der Waals surface area contributed by atoms with Crippen molar-refractivity contribution in [2.24, 2.45) is 5.41 Å². The Morgan fingerprint density at radius 1 is 1.36 bits per heavy atom. The number of piperidine rings is 1. The third-order valence-corrected chi connectivity index (χ3v) is 3.95. The van der Waals surface area contributed by atoms with E-state index < -0.39 is 9.84 Å². The Labute approximate surface area is 85.6 Å². The van der Waals surface area contributed by atoms with Gasteiger partial charge in [-0.3, -0.25) is 0 Å². The summed E-state index contributed by atoms with van der Waals surface area (Å²) in [5.74, 6) is 0.188. The van der Waals surface area contributed by atoms with Gasteiger partial charge in [0.05, 0.1) is 5.75 Å². The molecule has 2 N–H and O–H groups in total. The maximum Gasteiger partial charge on any atom is 0.147 e. The quantitative estimate of drug-likeness (QED) is 0.689. The number of rotatable bonds is 4. The molecule has 84 valence electrons. The molecular weight excluding hydrogens is 202 g/mol. The Bertz CT molecular complexity index is 268. The van der Waals surface area contributed by atoms with E-state index in [1.807, 2.05) is 0 Å². The summed E-state index contributed by atoms with van der Waals surface area (Å²) < 4.78 is 22.1. The molecule has 5 heteroatoms. The van der Waals surface area contributed by atoms with Gasteiger partial charge in [0.25, 0.3) is 0 Å². The lowest BCUT2D eigenvalue weighted by molar-refractivity contribution is 0.0860. The molecule has 0 amide bonds. The van der Waals surface area contributed by atoms with Crippen LogP contribution in [0.1, 0.15) is 19.3 Å². The van der Waals surface area contributed by atoms with Crippen molar-refractivity contribution in [3.05, 3.63) is 0 Å². The van der Waals surface area contributed by atoms with Gasteiger partial charge < -0.3 is 10.4 Å². The molecule has 1 saturated heterocycles. The van der Waals surface area contributed by atoms with Gasteiger partial charge >= 0.3 is 0 Å². The van der Waals surface area contributed by atoms with Gasteiger partial charge in [0.1, 0.15) is 9.84 Å². The first-order chi connectivity index (χ1) is 6.47. The van der Waals surface area contributed by atoms with Crippen LogP contribution >= 0.6 is 0 Å². The molecule has 0 unspecified atom stereocenters.